The third-order valence-electron chi connectivity index (χ3n) is 3.22. The Balaban J connectivity index is 2.09. The summed E-state index contributed by atoms with van der Waals surface area (Å²) in [7, 11) is -3.26. The number of carbonyl (C=O) groups is 1. The van der Waals surface area contributed by atoms with Crippen LogP contribution in [-0.4, -0.2) is 20.5 Å². The lowest BCUT2D eigenvalue weighted by atomic mass is 9.95. The van der Waals surface area contributed by atoms with Crippen LogP contribution in [-0.2, 0) is 10.0 Å². The minimum Gasteiger partial charge on any atom is -0.294 e. The summed E-state index contributed by atoms with van der Waals surface area (Å²) in [5.74, 6) is 0.744. The van der Waals surface area contributed by atoms with Crippen molar-refractivity contribution in [2.24, 2.45) is 11.8 Å². The average molecular weight is 267 g/mol. The van der Waals surface area contributed by atoms with Crippen LogP contribution in [0.25, 0.3) is 0 Å². The van der Waals surface area contributed by atoms with Crippen molar-refractivity contribution in [3.05, 3.63) is 29.8 Å². The summed E-state index contributed by atoms with van der Waals surface area (Å²) in [6.45, 7) is 1.96. The normalized spacial score (nSPS) is 17.2. The summed E-state index contributed by atoms with van der Waals surface area (Å²) in [4.78, 5) is 12.1. The molecule has 1 aromatic rings. The van der Waals surface area contributed by atoms with Crippen LogP contribution >= 0.6 is 0 Å². The molecule has 0 bridgehead atoms. The lowest BCUT2D eigenvalue weighted by molar-refractivity contribution is 0.0916. The number of hydrogen-bond donors (Lipinski definition) is 1. The molecule has 2 rings (SSSR count). The van der Waals surface area contributed by atoms with Gasteiger partial charge in [0.1, 0.15) is 0 Å². The highest BCUT2D eigenvalue weighted by atomic mass is 32.2. The van der Waals surface area contributed by atoms with Crippen molar-refractivity contribution in [2.75, 3.05) is 11.0 Å². The van der Waals surface area contributed by atoms with Gasteiger partial charge in [0.2, 0.25) is 10.0 Å². The number of benzene rings is 1. The lowest BCUT2D eigenvalue weighted by Gasteiger charge is -2.09. The summed E-state index contributed by atoms with van der Waals surface area (Å²) in [5.41, 5.74) is 1.13. The molecule has 1 unspecified atom stereocenters. The second-order valence-corrected chi connectivity index (χ2v) is 6.69. The fourth-order valence-electron chi connectivity index (χ4n) is 1.99. The molecule has 98 valence electrons. The molecule has 0 heterocycles. The Morgan fingerprint density at radius 2 is 1.83 bits per heavy atom. The molecule has 0 aliphatic heterocycles. The maximum Gasteiger partial charge on any atom is 0.229 e. The van der Waals surface area contributed by atoms with Crippen molar-refractivity contribution in [2.45, 2.75) is 19.8 Å². The second-order valence-electron chi connectivity index (χ2n) is 4.94. The Bertz CT molecular complexity index is 544. The highest BCUT2D eigenvalue weighted by molar-refractivity contribution is 7.92. The van der Waals surface area contributed by atoms with E-state index in [-0.39, 0.29) is 11.7 Å². The zero-order valence-corrected chi connectivity index (χ0v) is 11.3. The molecular weight excluding hydrogens is 250 g/mol. The Hall–Kier alpha value is -1.36. The highest BCUT2D eigenvalue weighted by Gasteiger charge is 2.32. The highest BCUT2D eigenvalue weighted by Crippen LogP contribution is 2.38. The Morgan fingerprint density at radius 1 is 1.28 bits per heavy atom. The molecular formula is C13H17NO3S. The Kier molecular flexibility index (Phi) is 3.43. The number of ketones is 1. The van der Waals surface area contributed by atoms with Gasteiger partial charge < -0.3 is 0 Å². The molecule has 0 amide bonds. The molecule has 1 saturated carbocycles. The molecule has 0 radical (unpaired) electrons. The molecule has 4 nitrogen and oxygen atoms in total. The summed E-state index contributed by atoms with van der Waals surface area (Å²) < 4.78 is 24.5. The topological polar surface area (TPSA) is 63.2 Å². The first-order valence-corrected chi connectivity index (χ1v) is 7.88. The van der Waals surface area contributed by atoms with Crippen LogP contribution in [0, 0.1) is 11.8 Å². The zero-order chi connectivity index (χ0) is 13.3. The van der Waals surface area contributed by atoms with E-state index in [1.807, 2.05) is 6.92 Å². The van der Waals surface area contributed by atoms with Gasteiger partial charge in [-0.05, 0) is 43.0 Å². The van der Waals surface area contributed by atoms with E-state index in [4.69, 9.17) is 0 Å². The van der Waals surface area contributed by atoms with E-state index in [9.17, 15) is 13.2 Å². The van der Waals surface area contributed by atoms with E-state index in [2.05, 4.69) is 4.72 Å². The molecule has 18 heavy (non-hydrogen) atoms. The van der Waals surface area contributed by atoms with Gasteiger partial charge in [0.05, 0.1) is 6.26 Å². The number of rotatable bonds is 5. The predicted octanol–water partition coefficient (Wildman–Crippen LogP) is 2.29. The largest absolute Gasteiger partial charge is 0.294 e. The van der Waals surface area contributed by atoms with E-state index in [0.717, 1.165) is 19.1 Å². The Morgan fingerprint density at radius 3 is 2.28 bits per heavy atom. The first-order chi connectivity index (χ1) is 8.37. The van der Waals surface area contributed by atoms with Crippen molar-refractivity contribution >= 4 is 21.5 Å². The van der Waals surface area contributed by atoms with Crippen LogP contribution < -0.4 is 4.72 Å². The number of carbonyl (C=O) groups excluding carboxylic acids is 1. The van der Waals surface area contributed by atoms with Gasteiger partial charge in [-0.3, -0.25) is 9.52 Å². The smallest absolute Gasteiger partial charge is 0.229 e. The van der Waals surface area contributed by atoms with Gasteiger partial charge in [-0.25, -0.2) is 8.42 Å². The van der Waals surface area contributed by atoms with Crippen molar-refractivity contribution in [1.29, 1.82) is 0 Å². The molecule has 1 aliphatic carbocycles. The third kappa shape index (κ3) is 3.32. The first kappa shape index (κ1) is 13.1. The van der Waals surface area contributed by atoms with E-state index in [1.54, 1.807) is 24.3 Å². The first-order valence-electron chi connectivity index (χ1n) is 5.99. The lowest BCUT2D eigenvalue weighted by Crippen LogP contribution is -2.13. The molecule has 1 atom stereocenters. The quantitative estimate of drug-likeness (QED) is 0.832. The number of nitrogens with one attached hydrogen (secondary N) is 1. The average Bonchev–Trinajstić information content (AvgIpc) is 3.10. The van der Waals surface area contributed by atoms with Crippen molar-refractivity contribution < 1.29 is 13.2 Å². The number of sulfonamides is 1. The number of hydrogen-bond acceptors (Lipinski definition) is 3. The molecule has 1 N–H and O–H groups in total. The van der Waals surface area contributed by atoms with Crippen LogP contribution in [0.5, 0.6) is 0 Å². The summed E-state index contributed by atoms with van der Waals surface area (Å²) in [5, 5.41) is 0. The summed E-state index contributed by atoms with van der Waals surface area (Å²) >= 11 is 0. The maximum atomic E-state index is 12.1. The van der Waals surface area contributed by atoms with Gasteiger partial charge in [-0.1, -0.05) is 6.92 Å². The second kappa shape index (κ2) is 4.72. The molecule has 0 aromatic heterocycles. The van der Waals surface area contributed by atoms with Gasteiger partial charge in [-0.2, -0.15) is 0 Å². The summed E-state index contributed by atoms with van der Waals surface area (Å²) in [6, 6.07) is 6.59. The van der Waals surface area contributed by atoms with E-state index >= 15 is 0 Å². The van der Waals surface area contributed by atoms with Crippen molar-refractivity contribution in [3.63, 3.8) is 0 Å². The minimum absolute atomic E-state index is 0.0683. The van der Waals surface area contributed by atoms with Crippen LogP contribution in [0.2, 0.25) is 0 Å². The number of anilines is 1. The molecule has 1 aromatic carbocycles. The van der Waals surface area contributed by atoms with Gasteiger partial charge in [0, 0.05) is 17.2 Å². The minimum atomic E-state index is -3.26. The fourth-order valence-corrected chi connectivity index (χ4v) is 2.55. The molecule has 0 saturated heterocycles. The Labute approximate surface area is 107 Å². The van der Waals surface area contributed by atoms with Crippen LogP contribution in [0.3, 0.4) is 0 Å². The number of Topliss-reactive ketones (excluding diaryl/α,β-unsaturated/α-hetero) is 1. The SMILES string of the molecule is CC(C(=O)c1ccc(NS(C)(=O)=O)cc1)C1CC1. The van der Waals surface area contributed by atoms with E-state index in [0.29, 0.717) is 17.2 Å². The maximum absolute atomic E-state index is 12.1. The predicted molar refractivity (Wildman–Crippen MR) is 71.1 cm³/mol. The van der Waals surface area contributed by atoms with E-state index in [1.165, 1.54) is 0 Å². The third-order valence-corrected chi connectivity index (χ3v) is 3.82. The summed E-state index contributed by atoms with van der Waals surface area (Å²) in [6.07, 6.45) is 3.38. The van der Waals surface area contributed by atoms with Crippen molar-refractivity contribution in [1.82, 2.24) is 0 Å². The molecule has 1 aliphatic rings. The monoisotopic (exact) mass is 267 g/mol. The molecule has 1 fully saturated rings. The standard InChI is InChI=1S/C13H17NO3S/c1-9(10-3-4-10)13(15)11-5-7-12(8-6-11)14-18(2,16)17/h5-10,14H,3-4H2,1-2H3. The van der Waals surface area contributed by atoms with Gasteiger partial charge in [-0.15, -0.1) is 0 Å². The molecule has 5 heteroatoms. The molecule has 0 spiro atoms. The van der Waals surface area contributed by atoms with E-state index < -0.39 is 10.0 Å². The van der Waals surface area contributed by atoms with Gasteiger partial charge in [0.15, 0.2) is 5.78 Å². The fraction of sp³-hybridized carbons (Fsp3) is 0.462. The van der Waals surface area contributed by atoms with Gasteiger partial charge in [0.25, 0.3) is 0 Å². The van der Waals surface area contributed by atoms with Crippen LogP contribution in [0.4, 0.5) is 5.69 Å². The van der Waals surface area contributed by atoms with Crippen LogP contribution in [0.15, 0.2) is 24.3 Å². The van der Waals surface area contributed by atoms with Crippen LogP contribution in [0.1, 0.15) is 30.1 Å². The van der Waals surface area contributed by atoms with Gasteiger partial charge >= 0.3 is 0 Å². The van der Waals surface area contributed by atoms with Crippen molar-refractivity contribution in [3.8, 4) is 0 Å². The zero-order valence-electron chi connectivity index (χ0n) is 10.5.